The summed E-state index contributed by atoms with van der Waals surface area (Å²) in [4.78, 5) is 12.7. The van der Waals surface area contributed by atoms with Gasteiger partial charge in [-0.25, -0.2) is 13.8 Å². The molecule has 0 spiro atoms. The number of carbonyl (C=O) groups is 1. The third-order valence-corrected chi connectivity index (χ3v) is 7.81. The zero-order valence-corrected chi connectivity index (χ0v) is 22.9. The number of hydrogen-bond donors (Lipinski definition) is 1. The predicted molar refractivity (Wildman–Crippen MR) is 144 cm³/mol. The molecule has 6 nitrogen and oxygen atoms in total. The van der Waals surface area contributed by atoms with E-state index in [9.17, 15) is 13.2 Å². The van der Waals surface area contributed by atoms with Gasteiger partial charge in [-0.3, -0.25) is 4.79 Å². The zero-order chi connectivity index (χ0) is 25.6. The second kappa shape index (κ2) is 11.5. The van der Waals surface area contributed by atoms with Crippen molar-refractivity contribution in [3.8, 4) is 0 Å². The van der Waals surface area contributed by atoms with Gasteiger partial charge in [0, 0.05) is 16.0 Å². The van der Waals surface area contributed by atoms with Gasteiger partial charge in [-0.05, 0) is 58.5 Å². The number of hydrogen-bond acceptors (Lipinski definition) is 4. The van der Waals surface area contributed by atoms with Gasteiger partial charge in [0.25, 0.3) is 5.91 Å². The fourth-order valence-corrected chi connectivity index (χ4v) is 4.99. The van der Waals surface area contributed by atoms with E-state index in [1.54, 1.807) is 12.1 Å². The van der Waals surface area contributed by atoms with Crippen molar-refractivity contribution in [3.05, 3.63) is 99.0 Å². The van der Waals surface area contributed by atoms with Crippen LogP contribution in [0, 0.1) is 0 Å². The number of nitrogens with one attached hydrogen (secondary N) is 1. The lowest BCUT2D eigenvalue weighted by atomic mass is 9.87. The van der Waals surface area contributed by atoms with Gasteiger partial charge >= 0.3 is 0 Å². The van der Waals surface area contributed by atoms with E-state index in [0.29, 0.717) is 5.02 Å². The van der Waals surface area contributed by atoms with E-state index in [2.05, 4.69) is 47.2 Å². The molecule has 0 fully saturated rings. The van der Waals surface area contributed by atoms with Crippen LogP contribution in [0.2, 0.25) is 5.02 Å². The number of carbonyl (C=O) groups excluding carboxylic acids is 1. The summed E-state index contributed by atoms with van der Waals surface area (Å²) in [7, 11) is -3.97. The molecule has 0 saturated carbocycles. The Morgan fingerprint density at radius 3 is 2.17 bits per heavy atom. The number of hydrazone groups is 1. The van der Waals surface area contributed by atoms with Gasteiger partial charge in [0.05, 0.1) is 17.7 Å². The Morgan fingerprint density at radius 2 is 1.60 bits per heavy atom. The van der Waals surface area contributed by atoms with E-state index in [1.165, 1.54) is 36.0 Å². The molecule has 0 aliphatic rings. The molecule has 0 heterocycles. The molecule has 3 aromatic carbocycles. The van der Waals surface area contributed by atoms with Gasteiger partial charge in [-0.15, -0.1) is 0 Å². The summed E-state index contributed by atoms with van der Waals surface area (Å²) in [6, 6.07) is 20.9. The number of rotatable bonds is 8. The molecule has 1 amide bonds. The highest BCUT2D eigenvalue weighted by molar-refractivity contribution is 9.10. The average molecular weight is 577 g/mol. The monoisotopic (exact) mass is 575 g/mol. The summed E-state index contributed by atoms with van der Waals surface area (Å²) < 4.78 is 28.6. The van der Waals surface area contributed by atoms with Gasteiger partial charge < -0.3 is 0 Å². The highest BCUT2D eigenvalue weighted by Crippen LogP contribution is 2.22. The van der Waals surface area contributed by atoms with Gasteiger partial charge in [0.15, 0.2) is 0 Å². The lowest BCUT2D eigenvalue weighted by molar-refractivity contribution is -0.121. The summed E-state index contributed by atoms with van der Waals surface area (Å²) in [5.74, 6) is -0.554. The second-order valence-electron chi connectivity index (χ2n) is 9.02. The van der Waals surface area contributed by atoms with E-state index >= 15 is 0 Å². The standard InChI is InChI=1S/C26H27BrClN3O3S/c1-26(2,3)21-8-4-19(5-9-21)16-29-30-25(32)18-31(17-20-6-10-22(27)11-7-20)35(33,34)24-14-12-23(28)13-15-24/h4-16H,17-18H2,1-3H3,(H,30,32)/b29-16-. The molecule has 184 valence electrons. The minimum absolute atomic E-state index is 0.0175. The van der Waals surface area contributed by atoms with Crippen molar-refractivity contribution in [2.75, 3.05) is 6.54 Å². The first-order chi connectivity index (χ1) is 16.4. The van der Waals surface area contributed by atoms with E-state index in [-0.39, 0.29) is 16.9 Å². The van der Waals surface area contributed by atoms with Crippen LogP contribution in [0.5, 0.6) is 0 Å². The fourth-order valence-electron chi connectivity index (χ4n) is 3.22. The molecule has 0 saturated heterocycles. The Balaban J connectivity index is 1.75. The minimum atomic E-state index is -3.97. The van der Waals surface area contributed by atoms with Crippen LogP contribution >= 0.6 is 27.5 Å². The molecule has 0 bridgehead atoms. The van der Waals surface area contributed by atoms with Gasteiger partial charge in [-0.2, -0.15) is 9.41 Å². The molecule has 0 aliphatic heterocycles. The molecule has 0 aromatic heterocycles. The van der Waals surface area contributed by atoms with Gasteiger partial charge in [0.1, 0.15) is 0 Å². The van der Waals surface area contributed by atoms with Gasteiger partial charge in [0.2, 0.25) is 10.0 Å². The number of amides is 1. The molecule has 3 rings (SSSR count). The SMILES string of the molecule is CC(C)(C)c1ccc(/C=N\NC(=O)CN(Cc2ccc(Br)cc2)S(=O)(=O)c2ccc(Cl)cc2)cc1. The van der Waals surface area contributed by atoms with E-state index in [1.807, 2.05) is 36.4 Å². The third-order valence-electron chi connectivity index (χ3n) is 5.22. The quantitative estimate of drug-likeness (QED) is 0.274. The molecular weight excluding hydrogens is 550 g/mol. The van der Waals surface area contributed by atoms with Crippen LogP contribution in [0.1, 0.15) is 37.5 Å². The first-order valence-corrected chi connectivity index (χ1v) is 13.5. The van der Waals surface area contributed by atoms with Crippen molar-refractivity contribution in [1.82, 2.24) is 9.73 Å². The first-order valence-electron chi connectivity index (χ1n) is 10.9. The number of sulfonamides is 1. The van der Waals surface area contributed by atoms with E-state index in [4.69, 9.17) is 11.6 Å². The van der Waals surface area contributed by atoms with Crippen molar-refractivity contribution < 1.29 is 13.2 Å². The summed E-state index contributed by atoms with van der Waals surface area (Å²) in [6.45, 7) is 6.02. The molecule has 0 aliphatic carbocycles. The maximum absolute atomic E-state index is 13.3. The normalized spacial score (nSPS) is 12.3. The fraction of sp³-hybridized carbons (Fsp3) is 0.231. The van der Waals surface area contributed by atoms with E-state index in [0.717, 1.165) is 19.9 Å². The summed E-state index contributed by atoms with van der Waals surface area (Å²) in [5.41, 5.74) is 5.21. The van der Waals surface area contributed by atoms with Crippen LogP contribution < -0.4 is 5.43 Å². The van der Waals surface area contributed by atoms with Crippen LogP contribution in [0.15, 0.2) is 87.3 Å². The van der Waals surface area contributed by atoms with Crippen LogP contribution in [0.25, 0.3) is 0 Å². The highest BCUT2D eigenvalue weighted by atomic mass is 79.9. The van der Waals surface area contributed by atoms with Gasteiger partial charge in [-0.1, -0.05) is 84.7 Å². The molecule has 35 heavy (non-hydrogen) atoms. The number of nitrogens with zero attached hydrogens (tertiary/aromatic N) is 2. The van der Waals surface area contributed by atoms with Crippen molar-refractivity contribution >= 4 is 49.7 Å². The predicted octanol–water partition coefficient (Wildman–Crippen LogP) is 5.74. The molecule has 1 N–H and O–H groups in total. The largest absolute Gasteiger partial charge is 0.272 e. The first kappa shape index (κ1) is 27.1. The second-order valence-corrected chi connectivity index (χ2v) is 12.3. The van der Waals surface area contributed by atoms with E-state index < -0.39 is 22.5 Å². The molecule has 3 aromatic rings. The number of halogens is 2. The van der Waals surface area contributed by atoms with Crippen LogP contribution in [0.3, 0.4) is 0 Å². The highest BCUT2D eigenvalue weighted by Gasteiger charge is 2.27. The third kappa shape index (κ3) is 7.73. The summed E-state index contributed by atoms with van der Waals surface area (Å²) in [5, 5.41) is 4.42. The maximum atomic E-state index is 13.3. The zero-order valence-electron chi connectivity index (χ0n) is 19.7. The van der Waals surface area contributed by atoms with Crippen LogP contribution in [0.4, 0.5) is 0 Å². The Kier molecular flexibility index (Phi) is 8.88. The van der Waals surface area contributed by atoms with Crippen molar-refractivity contribution in [2.45, 2.75) is 37.6 Å². The van der Waals surface area contributed by atoms with Crippen LogP contribution in [-0.4, -0.2) is 31.4 Å². The topological polar surface area (TPSA) is 78.8 Å². The molecule has 9 heteroatoms. The lowest BCUT2D eigenvalue weighted by Gasteiger charge is -2.21. The minimum Gasteiger partial charge on any atom is -0.272 e. The molecule has 0 atom stereocenters. The smallest absolute Gasteiger partial charge is 0.255 e. The molecule has 0 unspecified atom stereocenters. The van der Waals surface area contributed by atoms with Crippen molar-refractivity contribution in [2.24, 2.45) is 5.10 Å². The number of benzene rings is 3. The Bertz CT molecular complexity index is 1290. The van der Waals surface area contributed by atoms with Crippen molar-refractivity contribution in [1.29, 1.82) is 0 Å². The Hall–Kier alpha value is -2.52. The van der Waals surface area contributed by atoms with Crippen LogP contribution in [-0.2, 0) is 26.8 Å². The Morgan fingerprint density at radius 1 is 1.00 bits per heavy atom. The summed E-state index contributed by atoms with van der Waals surface area (Å²) in [6.07, 6.45) is 1.52. The maximum Gasteiger partial charge on any atom is 0.255 e. The molecule has 0 radical (unpaired) electrons. The Labute approximate surface area is 220 Å². The van der Waals surface area contributed by atoms with Crippen molar-refractivity contribution in [3.63, 3.8) is 0 Å². The lowest BCUT2D eigenvalue weighted by Crippen LogP contribution is -2.39. The average Bonchev–Trinajstić information content (AvgIpc) is 2.80. The summed E-state index contributed by atoms with van der Waals surface area (Å²) >= 11 is 9.29. The molecular formula is C26H27BrClN3O3S.